The van der Waals surface area contributed by atoms with Crippen LogP contribution in [0.15, 0.2) is 82.6 Å². The maximum atomic E-state index is 12.5. The molecular formula is C26H30N2O3S2. The number of benzene rings is 3. The van der Waals surface area contributed by atoms with Gasteiger partial charge in [-0.1, -0.05) is 31.0 Å². The van der Waals surface area contributed by atoms with Crippen LogP contribution in [0.4, 0.5) is 11.4 Å². The third kappa shape index (κ3) is 7.65. The van der Waals surface area contributed by atoms with Crippen molar-refractivity contribution in [1.29, 1.82) is 0 Å². The van der Waals surface area contributed by atoms with Gasteiger partial charge in [-0.2, -0.15) is 0 Å². The van der Waals surface area contributed by atoms with E-state index in [0.29, 0.717) is 24.2 Å². The quantitative estimate of drug-likeness (QED) is 0.178. The molecule has 5 nitrogen and oxygen atoms in total. The van der Waals surface area contributed by atoms with E-state index in [1.54, 1.807) is 48.5 Å². The summed E-state index contributed by atoms with van der Waals surface area (Å²) in [6.07, 6.45) is 2.76. The fourth-order valence-electron chi connectivity index (χ4n) is 3.12. The van der Waals surface area contributed by atoms with Crippen LogP contribution in [0.5, 0.6) is 0 Å². The van der Waals surface area contributed by atoms with Gasteiger partial charge in [0.2, 0.25) is 0 Å². The van der Waals surface area contributed by atoms with Gasteiger partial charge in [-0.15, -0.1) is 11.8 Å². The number of nitrogens with one attached hydrogen (secondary N) is 2. The minimum Gasteiger partial charge on any atom is -0.385 e. The molecule has 0 aliphatic heterocycles. The second-order valence-electron chi connectivity index (χ2n) is 7.82. The monoisotopic (exact) mass is 482 g/mol. The van der Waals surface area contributed by atoms with Gasteiger partial charge in [0.15, 0.2) is 5.78 Å². The number of carbonyl (C=O) groups excluding carboxylic acids is 1. The Kier molecular flexibility index (Phi) is 8.97. The summed E-state index contributed by atoms with van der Waals surface area (Å²) in [7, 11) is -3.66. The molecule has 2 N–H and O–H groups in total. The third-order valence-electron chi connectivity index (χ3n) is 5.09. The molecule has 0 aliphatic carbocycles. The van der Waals surface area contributed by atoms with E-state index in [2.05, 4.69) is 29.1 Å². The second kappa shape index (κ2) is 11.9. The summed E-state index contributed by atoms with van der Waals surface area (Å²) in [5, 5.41) is 3.28. The first-order chi connectivity index (χ1) is 15.9. The van der Waals surface area contributed by atoms with Gasteiger partial charge in [0, 0.05) is 34.8 Å². The molecule has 174 valence electrons. The molecule has 0 amide bonds. The van der Waals surface area contributed by atoms with Crippen LogP contribution in [0, 0.1) is 6.92 Å². The minimum atomic E-state index is -3.66. The predicted molar refractivity (Wildman–Crippen MR) is 138 cm³/mol. The van der Waals surface area contributed by atoms with Crippen LogP contribution in [0.3, 0.4) is 0 Å². The third-order valence-corrected chi connectivity index (χ3v) is 7.59. The lowest BCUT2D eigenvalue weighted by Gasteiger charge is -2.10. The number of hydrogen-bond acceptors (Lipinski definition) is 5. The van der Waals surface area contributed by atoms with Crippen molar-refractivity contribution >= 4 is 38.9 Å². The zero-order valence-electron chi connectivity index (χ0n) is 19.0. The fourth-order valence-corrected chi connectivity index (χ4v) is 5.18. The molecule has 0 aliphatic rings. The number of rotatable bonds is 12. The van der Waals surface area contributed by atoms with Gasteiger partial charge in [-0.05, 0) is 79.8 Å². The summed E-state index contributed by atoms with van der Waals surface area (Å²) in [5.74, 6) is 1.13. The van der Waals surface area contributed by atoms with Gasteiger partial charge in [0.1, 0.15) is 0 Å². The van der Waals surface area contributed by atoms with E-state index in [1.165, 1.54) is 17.7 Å². The molecule has 0 unspecified atom stereocenters. The van der Waals surface area contributed by atoms with Crippen LogP contribution in [0.25, 0.3) is 0 Å². The molecule has 0 saturated heterocycles. The number of unbranched alkanes of at least 4 members (excludes halogenated alkanes) is 1. The van der Waals surface area contributed by atoms with E-state index < -0.39 is 10.0 Å². The number of carbonyl (C=O) groups is 1. The Morgan fingerprint density at radius 3 is 2.15 bits per heavy atom. The Hall–Kier alpha value is -2.77. The number of thioether (sulfide) groups is 1. The largest absolute Gasteiger partial charge is 0.385 e. The molecule has 3 aromatic rings. The fraction of sp³-hybridized carbons (Fsp3) is 0.269. The first-order valence-corrected chi connectivity index (χ1v) is 13.5. The van der Waals surface area contributed by atoms with Gasteiger partial charge in [0.05, 0.1) is 4.90 Å². The van der Waals surface area contributed by atoms with Crippen molar-refractivity contribution < 1.29 is 13.2 Å². The molecule has 33 heavy (non-hydrogen) atoms. The smallest absolute Gasteiger partial charge is 0.261 e. The Balaban J connectivity index is 1.48. The van der Waals surface area contributed by atoms with Crippen LogP contribution in [-0.2, 0) is 10.0 Å². The maximum Gasteiger partial charge on any atom is 0.261 e. The lowest BCUT2D eigenvalue weighted by Crippen LogP contribution is -2.13. The molecule has 0 atom stereocenters. The molecule has 0 heterocycles. The highest BCUT2D eigenvalue weighted by molar-refractivity contribution is 7.99. The number of aryl methyl sites for hydroxylation is 1. The van der Waals surface area contributed by atoms with E-state index in [9.17, 15) is 13.2 Å². The van der Waals surface area contributed by atoms with Crippen LogP contribution in [-0.4, -0.2) is 26.5 Å². The molecule has 3 aromatic carbocycles. The van der Waals surface area contributed by atoms with Gasteiger partial charge in [-0.25, -0.2) is 8.42 Å². The summed E-state index contributed by atoms with van der Waals surface area (Å²) in [5.41, 5.74) is 2.95. The van der Waals surface area contributed by atoms with E-state index in [0.717, 1.165) is 17.0 Å². The van der Waals surface area contributed by atoms with Crippen molar-refractivity contribution in [2.24, 2.45) is 0 Å². The van der Waals surface area contributed by atoms with Gasteiger partial charge < -0.3 is 5.32 Å². The zero-order chi connectivity index (χ0) is 23.7. The van der Waals surface area contributed by atoms with Gasteiger partial charge in [0.25, 0.3) is 10.0 Å². The number of sulfonamides is 1. The Morgan fingerprint density at radius 1 is 0.879 bits per heavy atom. The molecule has 0 bridgehead atoms. The number of hydrogen-bond donors (Lipinski definition) is 2. The van der Waals surface area contributed by atoms with Crippen molar-refractivity contribution in [3.63, 3.8) is 0 Å². The van der Waals surface area contributed by atoms with Crippen LogP contribution in [0.1, 0.15) is 42.1 Å². The van der Waals surface area contributed by atoms with E-state index in [4.69, 9.17) is 0 Å². The summed E-state index contributed by atoms with van der Waals surface area (Å²) in [6, 6.07) is 21.4. The first kappa shape index (κ1) is 24.9. The number of ketones is 1. The molecular weight excluding hydrogens is 452 g/mol. The van der Waals surface area contributed by atoms with E-state index >= 15 is 0 Å². The van der Waals surface area contributed by atoms with Crippen LogP contribution >= 0.6 is 11.8 Å². The summed E-state index contributed by atoms with van der Waals surface area (Å²) in [4.78, 5) is 14.0. The molecule has 3 rings (SSSR count). The van der Waals surface area contributed by atoms with Gasteiger partial charge in [-0.3, -0.25) is 9.52 Å². The summed E-state index contributed by atoms with van der Waals surface area (Å²) in [6.45, 7) is 4.62. The van der Waals surface area contributed by atoms with E-state index in [-0.39, 0.29) is 10.7 Å². The molecule has 7 heteroatoms. The Morgan fingerprint density at radius 2 is 1.52 bits per heavy atom. The molecule has 0 saturated carbocycles. The van der Waals surface area contributed by atoms with Crippen molar-refractivity contribution in [2.45, 2.75) is 42.9 Å². The van der Waals surface area contributed by atoms with Crippen molar-refractivity contribution in [2.75, 3.05) is 22.3 Å². The standard InChI is InChI=1S/C26H30N2O3S2/c1-3-4-19-32-24-13-11-22(12-14-24)27-18-17-26(29)21-7-9-23(10-8-21)28-33(30,31)25-15-5-20(2)6-16-25/h5-16,27-28H,3-4,17-19H2,1-2H3. The molecule has 0 spiro atoms. The highest BCUT2D eigenvalue weighted by Gasteiger charge is 2.14. The zero-order valence-corrected chi connectivity index (χ0v) is 20.6. The predicted octanol–water partition coefficient (Wildman–Crippen LogP) is 6.37. The second-order valence-corrected chi connectivity index (χ2v) is 10.7. The van der Waals surface area contributed by atoms with Crippen LogP contribution in [0.2, 0.25) is 0 Å². The first-order valence-electron chi connectivity index (χ1n) is 11.1. The average Bonchev–Trinajstić information content (AvgIpc) is 2.81. The number of Topliss-reactive ketones (excluding diaryl/α,β-unsaturated/α-hetero) is 1. The van der Waals surface area contributed by atoms with Gasteiger partial charge >= 0.3 is 0 Å². The summed E-state index contributed by atoms with van der Waals surface area (Å²) >= 11 is 1.86. The normalized spacial score (nSPS) is 11.2. The van der Waals surface area contributed by atoms with Crippen molar-refractivity contribution in [1.82, 2.24) is 0 Å². The molecule has 0 aromatic heterocycles. The van der Waals surface area contributed by atoms with E-state index in [1.807, 2.05) is 30.8 Å². The molecule has 0 radical (unpaired) electrons. The Bertz CT molecular complexity index is 1140. The average molecular weight is 483 g/mol. The lowest BCUT2D eigenvalue weighted by molar-refractivity contribution is 0.0986. The van der Waals surface area contributed by atoms with Crippen molar-refractivity contribution in [3.8, 4) is 0 Å². The Labute approximate surface area is 201 Å². The SMILES string of the molecule is CCCCSc1ccc(NCCC(=O)c2ccc(NS(=O)(=O)c3ccc(C)cc3)cc2)cc1. The van der Waals surface area contributed by atoms with Crippen LogP contribution < -0.4 is 10.0 Å². The maximum absolute atomic E-state index is 12.5. The minimum absolute atomic E-state index is 0.00202. The molecule has 0 fully saturated rings. The highest BCUT2D eigenvalue weighted by Crippen LogP contribution is 2.22. The lowest BCUT2D eigenvalue weighted by atomic mass is 10.1. The summed E-state index contributed by atoms with van der Waals surface area (Å²) < 4.78 is 27.6. The highest BCUT2D eigenvalue weighted by atomic mass is 32.2. The number of anilines is 2. The topological polar surface area (TPSA) is 75.3 Å². The van der Waals surface area contributed by atoms with Crippen molar-refractivity contribution in [3.05, 3.63) is 83.9 Å².